The van der Waals surface area contributed by atoms with Gasteiger partial charge in [-0.3, -0.25) is 4.98 Å². The van der Waals surface area contributed by atoms with E-state index >= 15 is 0 Å². The molecule has 3 aromatic rings. The van der Waals surface area contributed by atoms with Gasteiger partial charge in [-0.05, 0) is 47.9 Å². The molecule has 2 aromatic carbocycles. The minimum atomic E-state index is -4.39. The number of methoxy groups -OCH3 is 1. The second kappa shape index (κ2) is 8.95. The van der Waals surface area contributed by atoms with Crippen LogP contribution in [0.15, 0.2) is 67.4 Å². The van der Waals surface area contributed by atoms with E-state index < -0.39 is 17.8 Å². The van der Waals surface area contributed by atoms with Gasteiger partial charge in [0, 0.05) is 35.9 Å². The monoisotopic (exact) mass is 483 g/mol. The molecular formula is C28H30F3N2O2+. The molecule has 0 amide bonds. The van der Waals surface area contributed by atoms with E-state index in [9.17, 15) is 18.3 Å². The van der Waals surface area contributed by atoms with Crippen LogP contribution in [0.3, 0.4) is 0 Å². The summed E-state index contributed by atoms with van der Waals surface area (Å²) in [6.07, 6.45) is 0.287. The number of piperidine rings is 3. The van der Waals surface area contributed by atoms with E-state index in [-0.39, 0.29) is 12.0 Å². The molecule has 5 unspecified atom stereocenters. The SMILES string of the molecule is C=CC1C[N+]2(Cc3cccc(C(F)(F)F)c3)CCC1CC2C(O)c1ccnc2ccc(OC)cc12. The lowest BCUT2D eigenvalue weighted by molar-refractivity contribution is -0.984. The maximum atomic E-state index is 13.4. The minimum Gasteiger partial charge on any atom is -0.497 e. The molecule has 0 spiro atoms. The van der Waals surface area contributed by atoms with Crippen molar-refractivity contribution in [1.29, 1.82) is 0 Å². The number of fused-ring (bicyclic) bond motifs is 4. The van der Waals surface area contributed by atoms with Crippen LogP contribution in [-0.4, -0.2) is 40.8 Å². The third-order valence-electron chi connectivity index (χ3n) is 8.09. The quantitative estimate of drug-likeness (QED) is 0.350. The Bertz CT molecular complexity index is 1240. The number of ether oxygens (including phenoxy) is 1. The van der Waals surface area contributed by atoms with Crippen LogP contribution in [0.5, 0.6) is 5.75 Å². The zero-order valence-corrected chi connectivity index (χ0v) is 19.7. The van der Waals surface area contributed by atoms with E-state index in [1.807, 2.05) is 30.3 Å². The van der Waals surface area contributed by atoms with E-state index in [0.717, 1.165) is 48.5 Å². The molecule has 0 aliphatic carbocycles. The number of benzene rings is 2. The number of aliphatic hydroxyl groups is 1. The Morgan fingerprint density at radius 3 is 2.80 bits per heavy atom. The molecular weight excluding hydrogens is 453 g/mol. The van der Waals surface area contributed by atoms with Gasteiger partial charge in [0.05, 0.1) is 31.3 Å². The van der Waals surface area contributed by atoms with Gasteiger partial charge in [-0.1, -0.05) is 18.2 Å². The summed E-state index contributed by atoms with van der Waals surface area (Å²) in [7, 11) is 1.60. The summed E-state index contributed by atoms with van der Waals surface area (Å²) in [5.74, 6) is 1.38. The van der Waals surface area contributed by atoms with Gasteiger partial charge in [0.2, 0.25) is 0 Å². The van der Waals surface area contributed by atoms with Gasteiger partial charge in [0.25, 0.3) is 0 Å². The van der Waals surface area contributed by atoms with Gasteiger partial charge < -0.3 is 14.3 Å². The van der Waals surface area contributed by atoms with Crippen LogP contribution < -0.4 is 4.74 Å². The van der Waals surface area contributed by atoms with Crippen LogP contribution >= 0.6 is 0 Å². The van der Waals surface area contributed by atoms with Crippen LogP contribution in [0.25, 0.3) is 10.9 Å². The van der Waals surface area contributed by atoms with Crippen molar-refractivity contribution in [2.75, 3.05) is 20.2 Å². The van der Waals surface area contributed by atoms with Gasteiger partial charge in [-0.2, -0.15) is 13.2 Å². The molecule has 0 saturated carbocycles. The number of halogens is 3. The van der Waals surface area contributed by atoms with Gasteiger partial charge in [-0.25, -0.2) is 0 Å². The lowest BCUT2D eigenvalue weighted by Gasteiger charge is -2.58. The maximum Gasteiger partial charge on any atom is 0.416 e. The number of hydrogen-bond acceptors (Lipinski definition) is 3. The van der Waals surface area contributed by atoms with Crippen molar-refractivity contribution in [3.8, 4) is 5.75 Å². The first-order valence-corrected chi connectivity index (χ1v) is 12.0. The van der Waals surface area contributed by atoms with Crippen LogP contribution in [-0.2, 0) is 12.7 Å². The van der Waals surface area contributed by atoms with Crippen molar-refractivity contribution in [2.45, 2.75) is 37.7 Å². The van der Waals surface area contributed by atoms with Gasteiger partial charge in [-0.15, -0.1) is 6.58 Å². The topological polar surface area (TPSA) is 42.4 Å². The van der Waals surface area contributed by atoms with Crippen molar-refractivity contribution in [3.05, 3.63) is 84.1 Å². The lowest BCUT2D eigenvalue weighted by atomic mass is 9.71. The van der Waals surface area contributed by atoms with Crippen molar-refractivity contribution in [2.24, 2.45) is 11.8 Å². The Morgan fingerprint density at radius 2 is 2.06 bits per heavy atom. The Labute approximate surface area is 203 Å². The van der Waals surface area contributed by atoms with Crippen LogP contribution in [0.4, 0.5) is 13.2 Å². The van der Waals surface area contributed by atoms with Crippen LogP contribution in [0.2, 0.25) is 0 Å². The fourth-order valence-electron chi connectivity index (χ4n) is 6.33. The first-order chi connectivity index (χ1) is 16.7. The zero-order valence-electron chi connectivity index (χ0n) is 19.7. The molecule has 1 N–H and O–H groups in total. The number of aromatic nitrogens is 1. The highest BCUT2D eigenvalue weighted by atomic mass is 19.4. The molecule has 0 radical (unpaired) electrons. The zero-order chi connectivity index (χ0) is 24.8. The van der Waals surface area contributed by atoms with E-state index in [1.165, 1.54) is 12.1 Å². The van der Waals surface area contributed by atoms with Gasteiger partial charge in [0.1, 0.15) is 24.4 Å². The first kappa shape index (κ1) is 23.8. The largest absolute Gasteiger partial charge is 0.497 e. The van der Waals surface area contributed by atoms with Gasteiger partial charge >= 0.3 is 6.18 Å². The smallest absolute Gasteiger partial charge is 0.416 e. The van der Waals surface area contributed by atoms with Crippen LogP contribution in [0, 0.1) is 11.8 Å². The summed E-state index contributed by atoms with van der Waals surface area (Å²) in [4.78, 5) is 4.44. The normalized spacial score (nSPS) is 27.1. The van der Waals surface area contributed by atoms with Crippen LogP contribution in [0.1, 0.15) is 35.6 Å². The molecule has 7 heteroatoms. The fourth-order valence-corrected chi connectivity index (χ4v) is 6.33. The Hall–Kier alpha value is -2.90. The van der Waals surface area contributed by atoms with Crippen molar-refractivity contribution < 1.29 is 27.5 Å². The number of nitrogens with zero attached hydrogens (tertiary/aromatic N) is 2. The summed E-state index contributed by atoms with van der Waals surface area (Å²) < 4.78 is 46.2. The summed E-state index contributed by atoms with van der Waals surface area (Å²) in [5, 5.41) is 12.7. The first-order valence-electron chi connectivity index (χ1n) is 12.0. The minimum absolute atomic E-state index is 0.142. The Morgan fingerprint density at radius 1 is 1.23 bits per heavy atom. The highest BCUT2D eigenvalue weighted by Gasteiger charge is 2.54. The van der Waals surface area contributed by atoms with E-state index in [1.54, 1.807) is 19.4 Å². The molecule has 5 atom stereocenters. The summed E-state index contributed by atoms with van der Waals surface area (Å²) >= 11 is 0. The Kier molecular flexibility index (Phi) is 6.09. The highest BCUT2D eigenvalue weighted by Crippen LogP contribution is 2.48. The predicted octanol–water partition coefficient (Wildman–Crippen LogP) is 5.91. The molecule has 3 saturated heterocycles. The van der Waals surface area contributed by atoms with E-state index in [2.05, 4.69) is 11.6 Å². The highest BCUT2D eigenvalue weighted by molar-refractivity contribution is 5.83. The molecule has 1 aromatic heterocycles. The average Bonchev–Trinajstić information content (AvgIpc) is 2.87. The molecule has 2 bridgehead atoms. The molecule has 3 aliphatic rings. The molecule has 4 nitrogen and oxygen atoms in total. The van der Waals surface area contributed by atoms with Crippen molar-refractivity contribution >= 4 is 10.9 Å². The second-order valence-corrected chi connectivity index (χ2v) is 9.96. The number of pyridine rings is 1. The second-order valence-electron chi connectivity index (χ2n) is 9.96. The predicted molar refractivity (Wildman–Crippen MR) is 129 cm³/mol. The summed E-state index contributed by atoms with van der Waals surface area (Å²) in [5.41, 5.74) is 1.56. The third-order valence-corrected chi connectivity index (χ3v) is 8.09. The fraction of sp³-hybridized carbons (Fsp3) is 0.393. The molecule has 4 heterocycles. The molecule has 35 heavy (non-hydrogen) atoms. The number of quaternary nitrogens is 1. The van der Waals surface area contributed by atoms with Gasteiger partial charge in [0.15, 0.2) is 0 Å². The number of hydrogen-bond donors (Lipinski definition) is 1. The standard InChI is InChI=1S/C28H30F3N2O2/c1-3-19-17-33(16-18-5-4-6-21(13-18)28(29,30)31)12-10-20(19)14-26(33)27(34)23-9-11-32-25-8-7-22(35-2)15-24(23)25/h3-9,11,13,15,19-20,26-27,34H,1,10,12,14,16-17H2,2H3/q+1. The molecule has 3 aliphatic heterocycles. The summed E-state index contributed by atoms with van der Waals surface area (Å²) in [6.45, 7) is 6.05. The Balaban J connectivity index is 1.55. The lowest BCUT2D eigenvalue weighted by Crippen LogP contribution is -2.67. The maximum absolute atomic E-state index is 13.4. The van der Waals surface area contributed by atoms with Crippen molar-refractivity contribution in [1.82, 2.24) is 4.98 Å². The number of alkyl halides is 3. The number of rotatable bonds is 6. The average molecular weight is 484 g/mol. The summed E-state index contributed by atoms with van der Waals surface area (Å²) in [6, 6.07) is 12.9. The molecule has 184 valence electrons. The van der Waals surface area contributed by atoms with E-state index in [0.29, 0.717) is 28.3 Å². The number of aliphatic hydroxyl groups excluding tert-OH is 1. The van der Waals surface area contributed by atoms with Crippen molar-refractivity contribution in [3.63, 3.8) is 0 Å². The van der Waals surface area contributed by atoms with E-state index in [4.69, 9.17) is 4.74 Å². The molecule has 6 rings (SSSR count). The third kappa shape index (κ3) is 4.32. The molecule has 3 fully saturated rings.